The van der Waals surface area contributed by atoms with Crippen LogP contribution in [0.25, 0.3) is 5.57 Å². The van der Waals surface area contributed by atoms with Crippen LogP contribution >= 0.6 is 7.92 Å². The van der Waals surface area contributed by atoms with Gasteiger partial charge in [-0.25, -0.2) is 31.2 Å². The molecule has 12 heteroatoms. The van der Waals surface area contributed by atoms with Crippen molar-refractivity contribution in [3.63, 3.8) is 0 Å². The van der Waals surface area contributed by atoms with Crippen molar-refractivity contribution in [1.29, 1.82) is 5.41 Å². The number of carbonyl (C=O) groups excluding carboxylic acids is 2. The van der Waals surface area contributed by atoms with E-state index in [4.69, 9.17) is 22.5 Å². The number of amides is 2. The summed E-state index contributed by atoms with van der Waals surface area (Å²) in [6, 6.07) is 11.6. The number of aromatic nitrogens is 1. The Morgan fingerprint density at radius 3 is 2.51 bits per heavy atom. The first-order chi connectivity index (χ1) is 21.1. The van der Waals surface area contributed by atoms with E-state index < -0.39 is 11.6 Å². The second kappa shape index (κ2) is 19.1. The van der Waals surface area contributed by atoms with Gasteiger partial charge in [-0.3, -0.25) is 20.0 Å². The predicted molar refractivity (Wildman–Crippen MR) is 180 cm³/mol. The second-order valence-electron chi connectivity index (χ2n) is 10.4. The van der Waals surface area contributed by atoms with E-state index in [1.807, 2.05) is 0 Å². The van der Waals surface area contributed by atoms with E-state index in [1.54, 1.807) is 30.4 Å². The first kappa shape index (κ1) is 38.5. The fourth-order valence-electron chi connectivity index (χ4n) is 4.07. The first-order valence-corrected chi connectivity index (χ1v) is 16.4. The molecule has 2 amide bonds. The third-order valence-corrected chi connectivity index (χ3v) is 7.85. The Balaban J connectivity index is 0.000000391. The van der Waals surface area contributed by atoms with Crippen molar-refractivity contribution in [3.8, 4) is 5.75 Å². The zero-order valence-electron chi connectivity index (χ0n) is 26.8. The van der Waals surface area contributed by atoms with Crippen LogP contribution in [0.3, 0.4) is 0 Å². The van der Waals surface area contributed by atoms with Gasteiger partial charge in [0.25, 0.3) is 11.8 Å². The van der Waals surface area contributed by atoms with Gasteiger partial charge in [0.2, 0.25) is 0 Å². The molecule has 0 radical (unpaired) electrons. The number of ether oxygens (including phenoxy) is 1. The Labute approximate surface area is 310 Å². The molecule has 1 aliphatic carbocycles. The van der Waals surface area contributed by atoms with Crippen LogP contribution in [0.15, 0.2) is 65.3 Å². The molecule has 10 nitrogen and oxygen atoms in total. The van der Waals surface area contributed by atoms with Crippen LogP contribution < -0.4 is 77.9 Å². The number of hydrogen-bond donors (Lipinski definition) is 4. The van der Waals surface area contributed by atoms with Gasteiger partial charge in [0, 0.05) is 25.6 Å². The topological polar surface area (TPSA) is 146 Å². The number of likely N-dealkylation sites (tertiary alicyclic amines) is 1. The van der Waals surface area contributed by atoms with Crippen molar-refractivity contribution in [2.45, 2.75) is 19.4 Å². The van der Waals surface area contributed by atoms with Gasteiger partial charge >= 0.3 is 51.4 Å². The number of carbonyl (C=O) groups is 2. The zero-order valence-corrected chi connectivity index (χ0v) is 30.8. The van der Waals surface area contributed by atoms with Gasteiger partial charge in [0.1, 0.15) is 11.5 Å². The monoisotopic (exact) mass is 653 g/mol. The summed E-state index contributed by atoms with van der Waals surface area (Å²) >= 11 is 0. The zero-order chi connectivity index (χ0) is 32.2. The SMILES string of the molecule is CP(C)c1cccc(CN2C[CH-]C2)n1.[CH-]=C(/C=C\[CH2-])c1cccc(N/C(=C/C(N)=NC(=O)C2CC2)C(=N)C(=O)NC)c1OC.[K+]. The molecule has 1 aromatic heterocycles. The molecule has 4 rings (SSSR count). The van der Waals surface area contributed by atoms with Gasteiger partial charge in [-0.2, -0.15) is 4.99 Å². The van der Waals surface area contributed by atoms with Crippen LogP contribution in [0.1, 0.15) is 24.1 Å². The maximum atomic E-state index is 12.0. The van der Waals surface area contributed by atoms with E-state index in [0.717, 1.165) is 32.5 Å². The molecule has 45 heavy (non-hydrogen) atoms. The van der Waals surface area contributed by atoms with Crippen molar-refractivity contribution in [2.24, 2.45) is 16.6 Å². The van der Waals surface area contributed by atoms with E-state index in [-0.39, 0.29) is 82.7 Å². The molecule has 0 spiro atoms. The number of nitrogens with one attached hydrogen (secondary N) is 3. The summed E-state index contributed by atoms with van der Waals surface area (Å²) in [5, 5.41) is 13.5. The Bertz CT molecular complexity index is 1460. The maximum Gasteiger partial charge on any atom is 1.00 e. The molecular formula is C33H41KN7O3P-2. The number of amidine groups is 1. The minimum absolute atomic E-state index is 0. The van der Waals surface area contributed by atoms with Crippen LogP contribution in [0, 0.1) is 31.3 Å². The van der Waals surface area contributed by atoms with Gasteiger partial charge in [-0.1, -0.05) is 25.6 Å². The summed E-state index contributed by atoms with van der Waals surface area (Å²) < 4.78 is 5.49. The van der Waals surface area contributed by atoms with Gasteiger partial charge in [-0.05, 0) is 44.4 Å². The minimum atomic E-state index is -0.642. The number of nitrogens with two attached hydrogens (primary N) is 1. The van der Waals surface area contributed by atoms with E-state index in [0.29, 0.717) is 22.6 Å². The van der Waals surface area contributed by atoms with Crippen LogP contribution in [0.4, 0.5) is 5.69 Å². The average molecular weight is 654 g/mol. The number of benzene rings is 1. The molecule has 0 unspecified atom stereocenters. The van der Waals surface area contributed by atoms with Gasteiger partial charge in [-0.15, -0.1) is 19.2 Å². The van der Waals surface area contributed by atoms with Gasteiger partial charge in [0.05, 0.1) is 35.4 Å². The summed E-state index contributed by atoms with van der Waals surface area (Å²) in [7, 11) is 2.82. The molecule has 1 aromatic carbocycles. The molecular weight excluding hydrogens is 612 g/mol. The molecule has 1 saturated heterocycles. The average Bonchev–Trinajstić information content (AvgIpc) is 3.84. The maximum absolute atomic E-state index is 12.0. The number of nitrogens with zero attached hydrogens (tertiary/aromatic N) is 3. The van der Waals surface area contributed by atoms with Crippen LogP contribution in [-0.2, 0) is 16.1 Å². The van der Waals surface area contributed by atoms with Crippen molar-refractivity contribution >= 4 is 48.0 Å². The second-order valence-corrected chi connectivity index (χ2v) is 12.6. The molecule has 1 saturated carbocycles. The molecule has 234 valence electrons. The van der Waals surface area contributed by atoms with Gasteiger partial charge < -0.3 is 32.4 Å². The Kier molecular flexibility index (Phi) is 16.4. The normalized spacial score (nSPS) is 14.9. The van der Waals surface area contributed by atoms with Crippen LogP contribution in [-0.4, -0.2) is 73.8 Å². The largest absolute Gasteiger partial charge is 1.00 e. The Morgan fingerprint density at radius 2 is 1.96 bits per heavy atom. The Morgan fingerprint density at radius 1 is 1.27 bits per heavy atom. The summed E-state index contributed by atoms with van der Waals surface area (Å²) in [5.41, 5.74) is 9.47. The number of para-hydroxylation sites is 1. The van der Waals surface area contributed by atoms with Crippen molar-refractivity contribution < 1.29 is 65.7 Å². The quantitative estimate of drug-likeness (QED) is 0.0660. The van der Waals surface area contributed by atoms with E-state index >= 15 is 0 Å². The molecule has 0 bridgehead atoms. The number of allylic oxidation sites excluding steroid dienone is 3. The third-order valence-electron chi connectivity index (χ3n) is 6.69. The van der Waals surface area contributed by atoms with Crippen molar-refractivity contribution in [1.82, 2.24) is 15.2 Å². The van der Waals surface area contributed by atoms with Gasteiger partial charge in [0.15, 0.2) is 0 Å². The number of hydrogen-bond acceptors (Lipinski definition) is 7. The molecule has 2 heterocycles. The van der Waals surface area contributed by atoms with Crippen LogP contribution in [0.2, 0.25) is 0 Å². The summed E-state index contributed by atoms with van der Waals surface area (Å²) in [4.78, 5) is 34.8. The van der Waals surface area contributed by atoms with Crippen molar-refractivity contribution in [2.75, 3.05) is 45.9 Å². The molecule has 2 aliphatic rings. The molecule has 2 aromatic rings. The fraction of sp³-hybridized carbons (Fsp3) is 0.303. The number of pyridine rings is 1. The predicted octanol–water partition coefficient (Wildman–Crippen LogP) is 0.730. The summed E-state index contributed by atoms with van der Waals surface area (Å²) in [5.74, 6) is -0.756. The third kappa shape index (κ3) is 11.9. The summed E-state index contributed by atoms with van der Waals surface area (Å²) in [6.07, 6.45) is 8.32. The smallest absolute Gasteiger partial charge is 0.507 e. The van der Waals surface area contributed by atoms with Crippen LogP contribution in [0.5, 0.6) is 5.75 Å². The first-order valence-electron chi connectivity index (χ1n) is 14.2. The van der Waals surface area contributed by atoms with E-state index in [2.05, 4.69) is 70.4 Å². The standard InChI is InChI=1S/C22H25N5O3.C11H16N2P.K/c1-5-7-13(2)15-8-6-9-16(20(15)30-4)26-17(19(24)22(29)25-3)12-18(23)27-21(28)14-10-11-14;1-14(2)11-6-3-5-10(12-11)9-13-7-4-8-13;/h2,5-9,12,14,24,26H,1,10-11H2,3-4H3,(H,25,29)(H2,23,27,28);3-6H,7-9H2,1-2H3;/q-2;-1;+1/b7-5-,17-12+,24-19?;;. The number of aliphatic imine (C=N–C) groups is 1. The molecule has 1 aliphatic heterocycles. The van der Waals surface area contributed by atoms with Crippen molar-refractivity contribution in [3.05, 3.63) is 91.5 Å². The summed E-state index contributed by atoms with van der Waals surface area (Å²) in [6.45, 7) is 17.4. The number of methoxy groups -OCH3 is 1. The fourth-order valence-corrected chi connectivity index (χ4v) is 4.78. The van der Waals surface area contributed by atoms with E-state index in [1.165, 1.54) is 31.4 Å². The molecule has 5 N–H and O–H groups in total. The minimum Gasteiger partial charge on any atom is -0.507 e. The van der Waals surface area contributed by atoms with E-state index in [9.17, 15) is 9.59 Å². The molecule has 0 atom stereocenters. The Hall–Kier alpha value is -2.63. The number of rotatable bonds is 12. The molecule has 2 fully saturated rings. The number of anilines is 1.